The summed E-state index contributed by atoms with van der Waals surface area (Å²) < 4.78 is 5.19. The largest absolute Gasteiger partial charge is 0.388 e. The molecule has 2 aromatic rings. The van der Waals surface area contributed by atoms with Crippen molar-refractivity contribution in [3.8, 4) is 11.8 Å². The van der Waals surface area contributed by atoms with Crippen LogP contribution in [0.1, 0.15) is 63.9 Å². The van der Waals surface area contributed by atoms with Crippen LogP contribution in [-0.2, 0) is 0 Å². The number of unbranched alkanes of at least 4 members (excludes halogenated alkanes) is 6. The second-order valence-electron chi connectivity index (χ2n) is 6.50. The molecule has 5 heteroatoms. The number of hydrogen-bond donors (Lipinski definition) is 2. The minimum absolute atomic E-state index is 0.203. The molecule has 0 aliphatic rings. The van der Waals surface area contributed by atoms with E-state index in [-0.39, 0.29) is 11.6 Å². The number of hydrazine groups is 1. The van der Waals surface area contributed by atoms with Crippen LogP contribution in [0.3, 0.4) is 0 Å². The zero-order chi connectivity index (χ0) is 18.6. The molecule has 1 aromatic heterocycles. The topological polar surface area (TPSA) is 67.2 Å². The molecule has 1 heterocycles. The summed E-state index contributed by atoms with van der Waals surface area (Å²) in [6, 6.07) is 5.76. The van der Waals surface area contributed by atoms with Gasteiger partial charge in [0.2, 0.25) is 0 Å². The van der Waals surface area contributed by atoms with Gasteiger partial charge in [-0.15, -0.1) is 11.8 Å². The van der Waals surface area contributed by atoms with Crippen molar-refractivity contribution in [2.45, 2.75) is 65.2 Å². The third-order valence-corrected chi connectivity index (χ3v) is 4.11. The summed E-state index contributed by atoms with van der Waals surface area (Å²) in [6.45, 7) is 4.92. The highest BCUT2D eigenvalue weighted by atomic mass is 16.4. The van der Waals surface area contributed by atoms with E-state index >= 15 is 0 Å². The maximum atomic E-state index is 12.0. The Morgan fingerprint density at radius 3 is 2.65 bits per heavy atom. The van der Waals surface area contributed by atoms with Crippen LogP contribution in [0, 0.1) is 18.8 Å². The molecule has 0 amide bonds. The standard InChI is InChI=1S/C21H29N3O2/c1-3-4-5-6-7-8-9-10-11-12-15-22-24-21-23-19-14-13-17(2)16-18(19)20(25)26-21/h13-14,16,22H,3-5,8-12,15H2,1-2H3,(H,23,24). The van der Waals surface area contributed by atoms with Crippen molar-refractivity contribution < 1.29 is 4.42 Å². The van der Waals surface area contributed by atoms with Crippen LogP contribution in [0.15, 0.2) is 27.4 Å². The molecule has 0 fully saturated rings. The second-order valence-corrected chi connectivity index (χ2v) is 6.50. The molecule has 0 spiro atoms. The van der Waals surface area contributed by atoms with Gasteiger partial charge in [0.1, 0.15) is 0 Å². The van der Waals surface area contributed by atoms with Gasteiger partial charge in [-0.2, -0.15) is 4.98 Å². The van der Waals surface area contributed by atoms with Crippen LogP contribution < -0.4 is 16.5 Å². The van der Waals surface area contributed by atoms with Gasteiger partial charge < -0.3 is 4.42 Å². The van der Waals surface area contributed by atoms with Crippen LogP contribution in [0.2, 0.25) is 0 Å². The van der Waals surface area contributed by atoms with E-state index in [0.29, 0.717) is 10.9 Å². The van der Waals surface area contributed by atoms with E-state index in [1.165, 1.54) is 19.3 Å². The Balaban J connectivity index is 1.61. The summed E-state index contributed by atoms with van der Waals surface area (Å²) in [7, 11) is 0. The Labute approximate surface area is 155 Å². The van der Waals surface area contributed by atoms with Gasteiger partial charge in [-0.05, 0) is 38.3 Å². The lowest BCUT2D eigenvalue weighted by atomic mass is 10.1. The normalized spacial score (nSPS) is 10.5. The van der Waals surface area contributed by atoms with Crippen molar-refractivity contribution in [2.75, 3.05) is 12.0 Å². The van der Waals surface area contributed by atoms with Gasteiger partial charge in [0.15, 0.2) is 0 Å². The fraction of sp³-hybridized carbons (Fsp3) is 0.524. The van der Waals surface area contributed by atoms with Crippen molar-refractivity contribution >= 4 is 16.9 Å². The predicted octanol–water partition coefficient (Wildman–Crippen LogP) is 4.56. The number of hydrogen-bond acceptors (Lipinski definition) is 5. The highest BCUT2D eigenvalue weighted by Crippen LogP contribution is 2.12. The molecule has 0 radical (unpaired) electrons. The zero-order valence-corrected chi connectivity index (χ0v) is 15.9. The lowest BCUT2D eigenvalue weighted by molar-refractivity contribution is 0.504. The molecule has 0 saturated heterocycles. The molecule has 1 aromatic carbocycles. The van der Waals surface area contributed by atoms with E-state index in [4.69, 9.17) is 4.42 Å². The fourth-order valence-corrected chi connectivity index (χ4v) is 2.60. The predicted molar refractivity (Wildman–Crippen MR) is 107 cm³/mol. The lowest BCUT2D eigenvalue weighted by Crippen LogP contribution is -2.24. The summed E-state index contributed by atoms with van der Waals surface area (Å²) in [5, 5.41) is 0.508. The van der Waals surface area contributed by atoms with Crippen LogP contribution in [-0.4, -0.2) is 11.5 Å². The van der Waals surface area contributed by atoms with E-state index in [0.717, 1.165) is 44.2 Å². The molecular formula is C21H29N3O2. The van der Waals surface area contributed by atoms with E-state index in [2.05, 4.69) is 34.6 Å². The van der Waals surface area contributed by atoms with Crippen LogP contribution in [0.25, 0.3) is 10.9 Å². The number of fused-ring (bicyclic) bond motifs is 1. The van der Waals surface area contributed by atoms with Crippen molar-refractivity contribution in [2.24, 2.45) is 0 Å². The third-order valence-electron chi connectivity index (χ3n) is 4.11. The van der Waals surface area contributed by atoms with Crippen molar-refractivity contribution in [3.05, 3.63) is 34.2 Å². The van der Waals surface area contributed by atoms with Crippen LogP contribution >= 0.6 is 0 Å². The van der Waals surface area contributed by atoms with Gasteiger partial charge in [-0.3, -0.25) is 5.43 Å². The van der Waals surface area contributed by atoms with Gasteiger partial charge in [0.25, 0.3) is 0 Å². The molecular weight excluding hydrogens is 326 g/mol. The average Bonchev–Trinajstić information content (AvgIpc) is 2.63. The van der Waals surface area contributed by atoms with Gasteiger partial charge in [0, 0.05) is 19.4 Å². The Bertz CT molecular complexity index is 802. The first-order valence-corrected chi connectivity index (χ1v) is 9.57. The molecule has 2 rings (SSSR count). The maximum Gasteiger partial charge on any atom is 0.348 e. The van der Waals surface area contributed by atoms with Gasteiger partial charge in [-0.1, -0.05) is 37.8 Å². The monoisotopic (exact) mass is 355 g/mol. The zero-order valence-electron chi connectivity index (χ0n) is 15.9. The highest BCUT2D eigenvalue weighted by Gasteiger charge is 2.05. The molecule has 5 nitrogen and oxygen atoms in total. The molecule has 0 atom stereocenters. The molecule has 0 saturated carbocycles. The number of nitrogens with zero attached hydrogens (tertiary/aromatic N) is 1. The van der Waals surface area contributed by atoms with Crippen LogP contribution in [0.4, 0.5) is 6.01 Å². The summed E-state index contributed by atoms with van der Waals surface area (Å²) >= 11 is 0. The van der Waals surface area contributed by atoms with Crippen molar-refractivity contribution in [3.63, 3.8) is 0 Å². The van der Waals surface area contributed by atoms with Gasteiger partial charge in [0.05, 0.1) is 10.9 Å². The molecule has 140 valence electrons. The van der Waals surface area contributed by atoms with E-state index < -0.39 is 0 Å². The summed E-state index contributed by atoms with van der Waals surface area (Å²) in [5.74, 6) is 6.46. The number of benzene rings is 1. The van der Waals surface area contributed by atoms with Crippen molar-refractivity contribution in [1.29, 1.82) is 0 Å². The average molecular weight is 355 g/mol. The number of rotatable bonds is 10. The first-order valence-electron chi connectivity index (χ1n) is 9.57. The van der Waals surface area contributed by atoms with Gasteiger partial charge >= 0.3 is 11.6 Å². The third kappa shape index (κ3) is 6.89. The molecule has 26 heavy (non-hydrogen) atoms. The van der Waals surface area contributed by atoms with E-state index in [1.54, 1.807) is 6.07 Å². The molecule has 0 aliphatic carbocycles. The molecule has 0 aliphatic heterocycles. The first kappa shape index (κ1) is 20.0. The number of nitrogens with one attached hydrogen (secondary N) is 2. The maximum absolute atomic E-state index is 12.0. The molecule has 0 unspecified atom stereocenters. The second kappa shape index (κ2) is 11.3. The summed E-state index contributed by atoms with van der Waals surface area (Å²) in [6.07, 6.45) is 9.00. The Morgan fingerprint density at radius 1 is 1.08 bits per heavy atom. The molecule has 0 bridgehead atoms. The van der Waals surface area contributed by atoms with Crippen molar-refractivity contribution in [1.82, 2.24) is 10.4 Å². The summed E-state index contributed by atoms with van der Waals surface area (Å²) in [5.41, 5.74) is 7.20. The first-order chi connectivity index (χ1) is 12.7. The minimum atomic E-state index is -0.372. The smallest absolute Gasteiger partial charge is 0.348 e. The number of anilines is 1. The fourth-order valence-electron chi connectivity index (χ4n) is 2.60. The van der Waals surface area contributed by atoms with Crippen LogP contribution in [0.5, 0.6) is 0 Å². The number of aryl methyl sites for hydroxylation is 1. The van der Waals surface area contributed by atoms with E-state index in [9.17, 15) is 4.79 Å². The summed E-state index contributed by atoms with van der Waals surface area (Å²) in [4.78, 5) is 16.3. The van der Waals surface area contributed by atoms with E-state index in [1.807, 2.05) is 19.1 Å². The Kier molecular flexibility index (Phi) is 8.71. The Hall–Kier alpha value is -2.32. The minimum Gasteiger partial charge on any atom is -0.388 e. The quantitative estimate of drug-likeness (QED) is 0.372. The molecule has 2 N–H and O–H groups in total. The lowest BCUT2D eigenvalue weighted by Gasteiger charge is -2.07. The Morgan fingerprint density at radius 2 is 1.85 bits per heavy atom. The highest BCUT2D eigenvalue weighted by molar-refractivity contribution is 5.78. The SMILES string of the molecule is CCCCC#CCCCCCCNNc1nc2ccc(C)cc2c(=O)o1. The van der Waals surface area contributed by atoms with Gasteiger partial charge in [-0.25, -0.2) is 10.2 Å². The number of aromatic nitrogens is 1.